The number of carboxylic acid groups (broad SMARTS) is 2. The number of nitrogens with one attached hydrogen (secondary N) is 1. The molecule has 1 aromatic carbocycles. The second-order valence-corrected chi connectivity index (χ2v) is 7.51. The van der Waals surface area contributed by atoms with Crippen molar-refractivity contribution in [1.82, 2.24) is 5.32 Å². The molecule has 0 fully saturated rings. The third kappa shape index (κ3) is 11.1. The Morgan fingerprint density at radius 2 is 1.82 bits per heavy atom. The van der Waals surface area contributed by atoms with Gasteiger partial charge in [0.25, 0.3) is 0 Å². The zero-order valence-corrected chi connectivity index (χ0v) is 17.8. The maximum absolute atomic E-state index is 9.13. The number of rotatable bonds is 10. The first kappa shape index (κ1) is 26.2. The largest absolute Gasteiger partial charge is 0.492 e. The number of unbranched alkanes of at least 4 members (excludes halogenated alkanes) is 1. The quantitative estimate of drug-likeness (QED) is 0.341. The van der Waals surface area contributed by atoms with Crippen molar-refractivity contribution in [3.8, 4) is 5.75 Å². The van der Waals surface area contributed by atoms with Crippen molar-refractivity contribution >= 4 is 23.5 Å². The van der Waals surface area contributed by atoms with Crippen LogP contribution in [0.1, 0.15) is 52.5 Å². The van der Waals surface area contributed by atoms with Gasteiger partial charge in [0, 0.05) is 6.54 Å². The van der Waals surface area contributed by atoms with Crippen LogP contribution in [0.15, 0.2) is 18.2 Å². The standard InChI is InChI=1S/C18H30ClNO2.C2H2O4/c1-5-18(3,4)15-8-9-17(16(19)12-15)22-11-7-6-10-20-13-14(2)21;3-1(4)2(5)6/h8-9,12,14,20-21H,5-7,10-11,13H2,1-4H3;(H,3,4)(H,5,6). The molecule has 8 heteroatoms. The van der Waals surface area contributed by atoms with E-state index in [9.17, 15) is 0 Å². The van der Waals surface area contributed by atoms with Gasteiger partial charge in [-0.2, -0.15) is 0 Å². The number of hydrogen-bond donors (Lipinski definition) is 4. The summed E-state index contributed by atoms with van der Waals surface area (Å²) in [6, 6.07) is 6.10. The Morgan fingerprint density at radius 1 is 1.21 bits per heavy atom. The average molecular weight is 418 g/mol. The Kier molecular flexibility index (Phi) is 12.5. The van der Waals surface area contributed by atoms with Gasteiger partial charge in [0.1, 0.15) is 5.75 Å². The summed E-state index contributed by atoms with van der Waals surface area (Å²) in [5, 5.41) is 27.8. The van der Waals surface area contributed by atoms with Gasteiger partial charge in [0.05, 0.1) is 17.7 Å². The minimum Gasteiger partial charge on any atom is -0.492 e. The minimum atomic E-state index is -1.82. The average Bonchev–Trinajstić information content (AvgIpc) is 2.62. The van der Waals surface area contributed by atoms with E-state index >= 15 is 0 Å². The first-order valence-corrected chi connectivity index (χ1v) is 9.66. The van der Waals surface area contributed by atoms with Crippen LogP contribution in [0.25, 0.3) is 0 Å². The van der Waals surface area contributed by atoms with Crippen LogP contribution in [0.3, 0.4) is 0 Å². The van der Waals surface area contributed by atoms with Crippen molar-refractivity contribution in [2.45, 2.75) is 58.5 Å². The van der Waals surface area contributed by atoms with Crippen LogP contribution in [0.5, 0.6) is 5.75 Å². The van der Waals surface area contributed by atoms with Gasteiger partial charge in [0.15, 0.2) is 0 Å². The summed E-state index contributed by atoms with van der Waals surface area (Å²) in [5.41, 5.74) is 1.38. The molecule has 0 radical (unpaired) electrons. The second kappa shape index (κ2) is 13.4. The lowest BCUT2D eigenvalue weighted by Gasteiger charge is -2.24. The Hall–Kier alpha value is -1.83. The molecule has 1 atom stereocenters. The molecule has 0 aliphatic rings. The molecule has 0 amide bonds. The van der Waals surface area contributed by atoms with Crippen molar-refractivity contribution in [1.29, 1.82) is 0 Å². The normalized spacial score (nSPS) is 11.9. The molecule has 0 saturated heterocycles. The lowest BCUT2D eigenvalue weighted by molar-refractivity contribution is -0.159. The van der Waals surface area contributed by atoms with Crippen molar-refractivity contribution in [3.05, 3.63) is 28.8 Å². The number of carboxylic acids is 2. The Balaban J connectivity index is 0.00000105. The summed E-state index contributed by atoms with van der Waals surface area (Å²) in [5.74, 6) is -2.89. The summed E-state index contributed by atoms with van der Waals surface area (Å²) < 4.78 is 5.76. The lowest BCUT2D eigenvalue weighted by Crippen LogP contribution is -2.25. The van der Waals surface area contributed by atoms with Gasteiger partial charge < -0.3 is 25.4 Å². The van der Waals surface area contributed by atoms with Crippen LogP contribution in [-0.4, -0.2) is 53.1 Å². The van der Waals surface area contributed by atoms with E-state index < -0.39 is 11.9 Å². The van der Waals surface area contributed by atoms with Gasteiger partial charge in [-0.1, -0.05) is 38.4 Å². The summed E-state index contributed by atoms with van der Waals surface area (Å²) in [6.45, 7) is 10.6. The molecule has 0 aromatic heterocycles. The Labute approximate surface area is 171 Å². The van der Waals surface area contributed by atoms with Crippen LogP contribution >= 0.6 is 11.6 Å². The molecule has 28 heavy (non-hydrogen) atoms. The number of carbonyl (C=O) groups is 2. The van der Waals surface area contributed by atoms with E-state index in [0.29, 0.717) is 18.2 Å². The molecule has 0 heterocycles. The molecule has 1 aromatic rings. The highest BCUT2D eigenvalue weighted by Gasteiger charge is 2.19. The van der Waals surface area contributed by atoms with Crippen LogP contribution in [0.2, 0.25) is 5.02 Å². The highest BCUT2D eigenvalue weighted by Crippen LogP contribution is 2.33. The van der Waals surface area contributed by atoms with E-state index in [4.69, 9.17) is 41.2 Å². The molecule has 7 nitrogen and oxygen atoms in total. The van der Waals surface area contributed by atoms with E-state index in [2.05, 4.69) is 32.2 Å². The second-order valence-electron chi connectivity index (χ2n) is 7.10. The predicted molar refractivity (Wildman–Crippen MR) is 109 cm³/mol. The number of aliphatic hydroxyl groups excluding tert-OH is 1. The summed E-state index contributed by atoms with van der Waals surface area (Å²) in [4.78, 5) is 18.2. The van der Waals surface area contributed by atoms with E-state index in [1.807, 2.05) is 12.1 Å². The fourth-order valence-corrected chi connectivity index (χ4v) is 2.32. The zero-order valence-electron chi connectivity index (χ0n) is 17.0. The van der Waals surface area contributed by atoms with Crippen LogP contribution < -0.4 is 10.1 Å². The van der Waals surface area contributed by atoms with Crippen LogP contribution in [0.4, 0.5) is 0 Å². The number of halogens is 1. The van der Waals surface area contributed by atoms with Crippen LogP contribution in [-0.2, 0) is 15.0 Å². The number of benzene rings is 1. The van der Waals surface area contributed by atoms with Gasteiger partial charge in [-0.25, -0.2) is 9.59 Å². The fourth-order valence-electron chi connectivity index (χ4n) is 2.09. The van der Waals surface area contributed by atoms with Crippen LogP contribution in [0, 0.1) is 0 Å². The van der Waals surface area contributed by atoms with Crippen molar-refractivity contribution in [2.75, 3.05) is 19.7 Å². The smallest absolute Gasteiger partial charge is 0.414 e. The Bertz CT molecular complexity index is 607. The van der Waals surface area contributed by atoms with Crippen molar-refractivity contribution < 1.29 is 29.6 Å². The third-order valence-corrected chi connectivity index (χ3v) is 4.52. The number of aliphatic carboxylic acids is 2. The van der Waals surface area contributed by atoms with Gasteiger partial charge in [-0.3, -0.25) is 0 Å². The monoisotopic (exact) mass is 417 g/mol. The first-order valence-electron chi connectivity index (χ1n) is 9.29. The van der Waals surface area contributed by atoms with E-state index in [1.54, 1.807) is 6.92 Å². The van der Waals surface area contributed by atoms with E-state index in [0.717, 1.165) is 31.6 Å². The minimum absolute atomic E-state index is 0.137. The first-order chi connectivity index (χ1) is 13.0. The van der Waals surface area contributed by atoms with Gasteiger partial charge >= 0.3 is 11.9 Å². The molecule has 0 bridgehead atoms. The highest BCUT2D eigenvalue weighted by molar-refractivity contribution is 6.32. The zero-order chi connectivity index (χ0) is 21.7. The van der Waals surface area contributed by atoms with Crippen molar-refractivity contribution in [2.24, 2.45) is 0 Å². The van der Waals surface area contributed by atoms with Gasteiger partial charge in [-0.15, -0.1) is 0 Å². The summed E-state index contributed by atoms with van der Waals surface area (Å²) in [6.07, 6.45) is 2.76. The molecule has 0 saturated carbocycles. The lowest BCUT2D eigenvalue weighted by atomic mass is 9.82. The summed E-state index contributed by atoms with van der Waals surface area (Å²) in [7, 11) is 0. The Morgan fingerprint density at radius 3 is 2.29 bits per heavy atom. The third-order valence-electron chi connectivity index (χ3n) is 4.23. The molecule has 1 unspecified atom stereocenters. The van der Waals surface area contributed by atoms with Gasteiger partial charge in [0.2, 0.25) is 0 Å². The van der Waals surface area contributed by atoms with E-state index in [-0.39, 0.29) is 11.5 Å². The molecule has 0 aliphatic carbocycles. The van der Waals surface area contributed by atoms with E-state index in [1.165, 1.54) is 5.56 Å². The molecule has 0 spiro atoms. The highest BCUT2D eigenvalue weighted by atomic mass is 35.5. The number of hydrogen-bond acceptors (Lipinski definition) is 5. The molecular weight excluding hydrogens is 386 g/mol. The fraction of sp³-hybridized carbons (Fsp3) is 0.600. The van der Waals surface area contributed by atoms with Gasteiger partial charge in [-0.05, 0) is 55.8 Å². The van der Waals surface area contributed by atoms with Crippen molar-refractivity contribution in [3.63, 3.8) is 0 Å². The molecular formula is C20H32ClNO6. The maximum Gasteiger partial charge on any atom is 0.414 e. The predicted octanol–water partition coefficient (Wildman–Crippen LogP) is 3.31. The molecule has 4 N–H and O–H groups in total. The topological polar surface area (TPSA) is 116 Å². The molecule has 0 aliphatic heterocycles. The summed E-state index contributed by atoms with van der Waals surface area (Å²) >= 11 is 6.32. The number of ether oxygens (including phenoxy) is 1. The molecule has 1 rings (SSSR count). The SMILES string of the molecule is CCC(C)(C)c1ccc(OCCCCNCC(C)O)c(Cl)c1.O=C(O)C(=O)O. The molecule has 160 valence electrons. The maximum atomic E-state index is 9.13. The number of aliphatic hydroxyl groups is 1.